The van der Waals surface area contributed by atoms with Crippen molar-refractivity contribution in [3.05, 3.63) is 70.5 Å². The molecular formula is C21H19ClN6. The fourth-order valence-corrected chi connectivity index (χ4v) is 2.98. The normalized spacial score (nSPS) is 10.9. The largest absolute Gasteiger partial charge is 0.338 e. The second kappa shape index (κ2) is 7.40. The zero-order valence-electron chi connectivity index (χ0n) is 15.8. The van der Waals surface area contributed by atoms with Crippen LogP contribution in [0.3, 0.4) is 0 Å². The van der Waals surface area contributed by atoms with Gasteiger partial charge in [-0.05, 0) is 61.7 Å². The summed E-state index contributed by atoms with van der Waals surface area (Å²) in [6.07, 6.45) is 3.25. The number of hydrogen-bond acceptors (Lipinski definition) is 6. The second-order valence-corrected chi connectivity index (χ2v) is 7.07. The molecule has 7 heteroatoms. The summed E-state index contributed by atoms with van der Waals surface area (Å²) in [5, 5.41) is 7.23. The van der Waals surface area contributed by atoms with Crippen LogP contribution in [0.5, 0.6) is 0 Å². The number of nitrogens with one attached hydrogen (secondary N) is 2. The van der Waals surface area contributed by atoms with Gasteiger partial charge < -0.3 is 10.6 Å². The summed E-state index contributed by atoms with van der Waals surface area (Å²) in [6, 6.07) is 11.8. The summed E-state index contributed by atoms with van der Waals surface area (Å²) in [4.78, 5) is 17.9. The summed E-state index contributed by atoms with van der Waals surface area (Å²) in [5.74, 6) is 1.01. The van der Waals surface area contributed by atoms with Gasteiger partial charge in [-0.25, -0.2) is 9.97 Å². The predicted octanol–water partition coefficient (Wildman–Crippen LogP) is 5.49. The van der Waals surface area contributed by atoms with Gasteiger partial charge in [-0.1, -0.05) is 23.7 Å². The Morgan fingerprint density at radius 3 is 2.39 bits per heavy atom. The Labute approximate surface area is 168 Å². The molecule has 2 N–H and O–H groups in total. The van der Waals surface area contributed by atoms with Crippen molar-refractivity contribution in [2.24, 2.45) is 0 Å². The topological polar surface area (TPSA) is 75.6 Å². The highest BCUT2D eigenvalue weighted by Crippen LogP contribution is 2.27. The maximum atomic E-state index is 6.13. The highest BCUT2D eigenvalue weighted by atomic mass is 35.5. The van der Waals surface area contributed by atoms with Crippen molar-refractivity contribution < 1.29 is 0 Å². The number of hydrogen-bond donors (Lipinski definition) is 2. The van der Waals surface area contributed by atoms with Crippen LogP contribution in [0.4, 0.5) is 23.1 Å². The highest BCUT2D eigenvalue weighted by molar-refractivity contribution is 6.30. The van der Waals surface area contributed by atoms with E-state index in [4.69, 9.17) is 11.6 Å². The summed E-state index contributed by atoms with van der Waals surface area (Å²) in [7, 11) is 0. The van der Waals surface area contributed by atoms with E-state index in [0.717, 1.165) is 16.9 Å². The van der Waals surface area contributed by atoms with Gasteiger partial charge in [-0.15, -0.1) is 0 Å². The Morgan fingerprint density at radius 1 is 0.786 bits per heavy atom. The third-order valence-electron chi connectivity index (χ3n) is 4.55. The minimum Gasteiger partial charge on any atom is -0.338 e. The van der Waals surface area contributed by atoms with Crippen molar-refractivity contribution in [1.82, 2.24) is 19.9 Å². The van der Waals surface area contributed by atoms with E-state index in [1.807, 2.05) is 31.2 Å². The second-order valence-electron chi connectivity index (χ2n) is 6.63. The van der Waals surface area contributed by atoms with Crippen LogP contribution in [0, 0.1) is 20.8 Å². The first kappa shape index (κ1) is 18.1. The van der Waals surface area contributed by atoms with Crippen LogP contribution in [0.25, 0.3) is 11.2 Å². The molecule has 0 aliphatic carbocycles. The number of benzene rings is 2. The summed E-state index contributed by atoms with van der Waals surface area (Å²) in [6.45, 7) is 6.15. The third kappa shape index (κ3) is 3.73. The van der Waals surface area contributed by atoms with E-state index in [9.17, 15) is 0 Å². The third-order valence-corrected chi connectivity index (χ3v) is 4.78. The van der Waals surface area contributed by atoms with Crippen LogP contribution in [0.15, 0.2) is 48.8 Å². The van der Waals surface area contributed by atoms with Crippen molar-refractivity contribution in [1.29, 1.82) is 0 Å². The quantitative estimate of drug-likeness (QED) is 0.480. The predicted molar refractivity (Wildman–Crippen MR) is 114 cm³/mol. The SMILES string of the molecule is Cc1ccc(Nc2nc(Nc3cc(Cl)ccc3C)nc3nccnc23)cc1C. The van der Waals surface area contributed by atoms with Crippen LogP contribution >= 0.6 is 11.6 Å². The molecule has 0 aliphatic rings. The van der Waals surface area contributed by atoms with Gasteiger partial charge in [0.05, 0.1) is 0 Å². The minimum atomic E-state index is 0.421. The first-order valence-electron chi connectivity index (χ1n) is 8.86. The molecule has 6 nitrogen and oxygen atoms in total. The van der Waals surface area contributed by atoms with Crippen LogP contribution in [0.2, 0.25) is 5.02 Å². The molecule has 0 atom stereocenters. The van der Waals surface area contributed by atoms with Crippen molar-refractivity contribution in [3.8, 4) is 0 Å². The van der Waals surface area contributed by atoms with Crippen LogP contribution < -0.4 is 10.6 Å². The maximum absolute atomic E-state index is 6.13. The number of halogens is 1. The van der Waals surface area contributed by atoms with E-state index in [1.54, 1.807) is 12.4 Å². The standard InChI is InChI=1S/C21H19ClN6/c1-12-5-7-16(10-14(12)3)25-20-18-19(24-9-8-23-18)27-21(28-20)26-17-11-15(22)6-4-13(17)2/h4-11H,1-3H3,(H2,24,25,26,27,28). The van der Waals surface area contributed by atoms with Gasteiger partial charge in [0.15, 0.2) is 17.0 Å². The van der Waals surface area contributed by atoms with Gasteiger partial charge in [0.1, 0.15) is 0 Å². The molecule has 0 aliphatic heterocycles. The fourth-order valence-electron chi connectivity index (χ4n) is 2.81. The van der Waals surface area contributed by atoms with Crippen LogP contribution in [-0.4, -0.2) is 19.9 Å². The van der Waals surface area contributed by atoms with Crippen molar-refractivity contribution in [2.45, 2.75) is 20.8 Å². The molecule has 0 spiro atoms. The molecule has 4 aromatic rings. The lowest BCUT2D eigenvalue weighted by Crippen LogP contribution is -2.05. The minimum absolute atomic E-state index is 0.421. The molecule has 0 radical (unpaired) electrons. The molecule has 2 heterocycles. The molecule has 4 rings (SSSR count). The van der Waals surface area contributed by atoms with Gasteiger partial charge in [0.2, 0.25) is 5.95 Å². The van der Waals surface area contributed by atoms with Gasteiger partial charge >= 0.3 is 0 Å². The number of fused-ring (bicyclic) bond motifs is 1. The fraction of sp³-hybridized carbons (Fsp3) is 0.143. The van der Waals surface area contributed by atoms with Crippen LogP contribution in [0.1, 0.15) is 16.7 Å². The first-order chi connectivity index (χ1) is 13.5. The monoisotopic (exact) mass is 390 g/mol. The molecule has 0 amide bonds. The molecular weight excluding hydrogens is 372 g/mol. The van der Waals surface area contributed by atoms with Gasteiger partial charge in [-0.2, -0.15) is 9.97 Å². The van der Waals surface area contributed by atoms with Gasteiger partial charge in [0, 0.05) is 28.8 Å². The van der Waals surface area contributed by atoms with Crippen molar-refractivity contribution in [2.75, 3.05) is 10.6 Å². The Balaban J connectivity index is 1.76. The average Bonchev–Trinajstić information content (AvgIpc) is 2.68. The lowest BCUT2D eigenvalue weighted by molar-refractivity contribution is 1.14. The molecule has 0 bridgehead atoms. The number of aryl methyl sites for hydroxylation is 3. The molecule has 0 saturated heterocycles. The molecule has 0 fully saturated rings. The highest BCUT2D eigenvalue weighted by Gasteiger charge is 2.12. The lowest BCUT2D eigenvalue weighted by atomic mass is 10.1. The van der Waals surface area contributed by atoms with Crippen molar-refractivity contribution in [3.63, 3.8) is 0 Å². The molecule has 2 aromatic carbocycles. The Hall–Kier alpha value is -3.25. The van der Waals surface area contributed by atoms with E-state index >= 15 is 0 Å². The Kier molecular flexibility index (Phi) is 4.79. The maximum Gasteiger partial charge on any atom is 0.231 e. The van der Waals surface area contributed by atoms with Gasteiger partial charge in [0.25, 0.3) is 0 Å². The Morgan fingerprint density at radius 2 is 1.57 bits per heavy atom. The number of rotatable bonds is 4. The molecule has 0 saturated carbocycles. The molecule has 28 heavy (non-hydrogen) atoms. The zero-order chi connectivity index (χ0) is 19.7. The summed E-state index contributed by atoms with van der Waals surface area (Å²) >= 11 is 6.13. The number of nitrogens with zero attached hydrogens (tertiary/aromatic N) is 4. The summed E-state index contributed by atoms with van der Waals surface area (Å²) < 4.78 is 0. The van der Waals surface area contributed by atoms with E-state index in [-0.39, 0.29) is 0 Å². The average molecular weight is 391 g/mol. The van der Waals surface area contributed by atoms with Crippen molar-refractivity contribution >= 4 is 45.9 Å². The Bertz CT molecular complexity index is 1170. The molecule has 0 unspecified atom stereocenters. The van der Waals surface area contributed by atoms with Gasteiger partial charge in [-0.3, -0.25) is 0 Å². The summed E-state index contributed by atoms with van der Waals surface area (Å²) in [5.41, 5.74) is 6.35. The molecule has 2 aromatic heterocycles. The van der Waals surface area contributed by atoms with E-state index < -0.39 is 0 Å². The first-order valence-corrected chi connectivity index (χ1v) is 9.23. The zero-order valence-corrected chi connectivity index (χ0v) is 16.5. The number of anilines is 4. The van der Waals surface area contributed by atoms with E-state index in [2.05, 4.69) is 56.5 Å². The smallest absolute Gasteiger partial charge is 0.231 e. The number of aromatic nitrogens is 4. The van der Waals surface area contributed by atoms with Crippen LogP contribution in [-0.2, 0) is 0 Å². The van der Waals surface area contributed by atoms with E-state index in [1.165, 1.54) is 11.1 Å². The lowest BCUT2D eigenvalue weighted by Gasteiger charge is -2.13. The van der Waals surface area contributed by atoms with E-state index in [0.29, 0.717) is 28.0 Å². The molecule has 140 valence electrons.